The summed E-state index contributed by atoms with van der Waals surface area (Å²) >= 11 is 0. The van der Waals surface area contributed by atoms with Crippen LogP contribution in [0.3, 0.4) is 0 Å². The molecule has 1 fully saturated rings. The Morgan fingerprint density at radius 2 is 0.983 bits per heavy atom. The van der Waals surface area contributed by atoms with Gasteiger partial charge in [-0.15, -0.1) is 0 Å². The molecule has 0 saturated carbocycles. The first kappa shape index (κ1) is 56.9. The number of hydrogen-bond donors (Lipinski definition) is 8. The number of aliphatic hydroxyl groups is 7. The Labute approximate surface area is 366 Å². The van der Waals surface area contributed by atoms with Gasteiger partial charge in [-0.2, -0.15) is 0 Å². The van der Waals surface area contributed by atoms with Gasteiger partial charge in [-0.05, 0) is 38.5 Å². The first-order valence-corrected chi connectivity index (χ1v) is 25.1. The monoisotopic (exact) mass is 858 g/mol. The van der Waals surface area contributed by atoms with Gasteiger partial charge in [0, 0.05) is 0 Å². The summed E-state index contributed by atoms with van der Waals surface area (Å²) in [6.45, 7) is 3.41. The molecule has 0 bridgehead atoms. The van der Waals surface area contributed by atoms with E-state index in [0.29, 0.717) is 12.8 Å². The molecule has 0 radical (unpaired) electrons. The van der Waals surface area contributed by atoms with Gasteiger partial charge in [0.05, 0.1) is 25.4 Å². The van der Waals surface area contributed by atoms with Gasteiger partial charge in [-0.25, -0.2) is 0 Å². The average Bonchev–Trinajstić information content (AvgIpc) is 3.25. The molecule has 9 unspecified atom stereocenters. The number of ether oxygens (including phenoxy) is 2. The summed E-state index contributed by atoms with van der Waals surface area (Å²) < 4.78 is 11.1. The van der Waals surface area contributed by atoms with Crippen molar-refractivity contribution < 1.29 is 50.0 Å². The summed E-state index contributed by atoms with van der Waals surface area (Å²) in [4.78, 5) is 13.1. The summed E-state index contributed by atoms with van der Waals surface area (Å²) in [7, 11) is 0. The Balaban J connectivity index is 2.32. The van der Waals surface area contributed by atoms with E-state index < -0.39 is 74.2 Å². The molecule has 1 heterocycles. The minimum Gasteiger partial charge on any atom is -0.394 e. The smallest absolute Gasteiger partial charge is 0.249 e. The van der Waals surface area contributed by atoms with Crippen molar-refractivity contribution in [1.82, 2.24) is 5.32 Å². The van der Waals surface area contributed by atoms with Crippen LogP contribution in [0.25, 0.3) is 0 Å². The van der Waals surface area contributed by atoms with Crippen LogP contribution in [0, 0.1) is 0 Å². The second kappa shape index (κ2) is 39.4. The fourth-order valence-corrected chi connectivity index (χ4v) is 8.15. The van der Waals surface area contributed by atoms with Crippen LogP contribution in [0.2, 0.25) is 0 Å². The molecule has 0 aromatic carbocycles. The fraction of sp³-hybridized carbons (Fsp3) is 0.939. The largest absolute Gasteiger partial charge is 0.394 e. The van der Waals surface area contributed by atoms with Gasteiger partial charge >= 0.3 is 0 Å². The standard InChI is InChI=1S/C49H95NO10/c1-3-5-7-9-11-13-15-16-17-18-19-20-21-22-23-24-25-26-27-29-31-33-35-37-42(53)48(58)50-40(39-59-49-47(57)46(56)45(55)43(38-51)60-49)44(54)41(52)36-34-32-30-28-14-12-10-8-6-4-2/h28,30,40-47,49,51-57H,3-27,29,31-39H2,1-2H3,(H,50,58)/b30-28+. The molecule has 8 N–H and O–H groups in total. The van der Waals surface area contributed by atoms with E-state index in [9.17, 15) is 40.5 Å². The van der Waals surface area contributed by atoms with Crippen LogP contribution >= 0.6 is 0 Å². The van der Waals surface area contributed by atoms with Crippen LogP contribution < -0.4 is 5.32 Å². The number of allylic oxidation sites excluding steroid dienone is 2. The molecular weight excluding hydrogens is 763 g/mol. The normalized spacial score (nSPS) is 21.6. The Morgan fingerprint density at radius 3 is 1.43 bits per heavy atom. The Kier molecular flexibility index (Phi) is 37.4. The molecule has 0 aliphatic carbocycles. The van der Waals surface area contributed by atoms with Crippen molar-refractivity contribution in [3.05, 3.63) is 12.2 Å². The van der Waals surface area contributed by atoms with E-state index in [4.69, 9.17) is 9.47 Å². The number of carbonyl (C=O) groups excluding carboxylic acids is 1. The SMILES string of the molecule is CCCCCCC/C=C/CCCC(O)C(O)C(COC1OC(CO)C(O)C(O)C1O)NC(=O)C(O)CCCCCCCCCCCCCCCCCCCCCCCCC. The van der Waals surface area contributed by atoms with E-state index in [1.165, 1.54) is 148 Å². The lowest BCUT2D eigenvalue weighted by molar-refractivity contribution is -0.303. The van der Waals surface area contributed by atoms with E-state index in [1.54, 1.807) is 0 Å². The third-order valence-electron chi connectivity index (χ3n) is 12.3. The molecule has 11 heteroatoms. The molecule has 9 atom stereocenters. The van der Waals surface area contributed by atoms with Crippen molar-refractivity contribution in [2.75, 3.05) is 13.2 Å². The molecule has 1 saturated heterocycles. The number of carbonyl (C=O) groups is 1. The third-order valence-corrected chi connectivity index (χ3v) is 12.3. The number of rotatable bonds is 42. The highest BCUT2D eigenvalue weighted by Gasteiger charge is 2.44. The summed E-state index contributed by atoms with van der Waals surface area (Å²) in [5, 5.41) is 75.6. The summed E-state index contributed by atoms with van der Waals surface area (Å²) in [6, 6.07) is -1.18. The highest BCUT2D eigenvalue weighted by molar-refractivity contribution is 5.80. The van der Waals surface area contributed by atoms with Gasteiger partial charge in [0.2, 0.25) is 5.91 Å². The molecule has 1 rings (SSSR count). The van der Waals surface area contributed by atoms with Crippen molar-refractivity contribution in [2.24, 2.45) is 0 Å². The molecule has 0 aromatic rings. The molecule has 0 spiro atoms. The van der Waals surface area contributed by atoms with Crippen molar-refractivity contribution in [2.45, 2.75) is 281 Å². The Bertz CT molecular complexity index is 986. The van der Waals surface area contributed by atoms with Crippen molar-refractivity contribution in [3.8, 4) is 0 Å². The van der Waals surface area contributed by atoms with Crippen LogP contribution in [0.4, 0.5) is 0 Å². The van der Waals surface area contributed by atoms with Crippen LogP contribution in [0.15, 0.2) is 12.2 Å². The second-order valence-corrected chi connectivity index (χ2v) is 17.9. The number of hydrogen-bond acceptors (Lipinski definition) is 10. The zero-order chi connectivity index (χ0) is 44.1. The molecule has 11 nitrogen and oxygen atoms in total. The highest BCUT2D eigenvalue weighted by Crippen LogP contribution is 2.23. The zero-order valence-corrected chi connectivity index (χ0v) is 38.5. The lowest BCUT2D eigenvalue weighted by atomic mass is 9.98. The quantitative estimate of drug-likeness (QED) is 0.0218. The maximum Gasteiger partial charge on any atom is 0.249 e. The fourth-order valence-electron chi connectivity index (χ4n) is 8.15. The number of aliphatic hydroxyl groups excluding tert-OH is 7. The Morgan fingerprint density at radius 1 is 0.567 bits per heavy atom. The summed E-state index contributed by atoms with van der Waals surface area (Å²) in [5.41, 5.74) is 0. The molecule has 1 amide bonds. The molecule has 0 aromatic heterocycles. The predicted molar refractivity (Wildman–Crippen MR) is 243 cm³/mol. The number of amides is 1. The van der Waals surface area contributed by atoms with Crippen LogP contribution in [-0.4, -0.2) is 110 Å². The first-order chi connectivity index (χ1) is 29.2. The van der Waals surface area contributed by atoms with Gasteiger partial charge in [0.1, 0.15) is 36.6 Å². The number of unbranched alkanes of at least 4 members (excludes halogenated alkanes) is 28. The van der Waals surface area contributed by atoms with Gasteiger partial charge in [0.25, 0.3) is 0 Å². The van der Waals surface area contributed by atoms with Crippen molar-refractivity contribution in [3.63, 3.8) is 0 Å². The molecule has 1 aliphatic heterocycles. The van der Waals surface area contributed by atoms with E-state index in [2.05, 4.69) is 31.3 Å². The maximum absolute atomic E-state index is 13.1. The van der Waals surface area contributed by atoms with Crippen LogP contribution in [-0.2, 0) is 14.3 Å². The van der Waals surface area contributed by atoms with Gasteiger partial charge in [0.15, 0.2) is 6.29 Å². The first-order valence-electron chi connectivity index (χ1n) is 25.1. The molecule has 356 valence electrons. The van der Waals surface area contributed by atoms with Crippen LogP contribution in [0.1, 0.15) is 226 Å². The number of nitrogens with one attached hydrogen (secondary N) is 1. The maximum atomic E-state index is 13.1. The Hall–Kier alpha value is -1.15. The van der Waals surface area contributed by atoms with E-state index in [-0.39, 0.29) is 12.8 Å². The topological polar surface area (TPSA) is 189 Å². The molecule has 1 aliphatic rings. The van der Waals surface area contributed by atoms with Gasteiger partial charge < -0.3 is 50.5 Å². The van der Waals surface area contributed by atoms with Gasteiger partial charge in [-0.3, -0.25) is 4.79 Å². The lowest BCUT2D eigenvalue weighted by Gasteiger charge is -2.40. The predicted octanol–water partition coefficient (Wildman–Crippen LogP) is 8.84. The van der Waals surface area contributed by atoms with Crippen LogP contribution in [0.5, 0.6) is 0 Å². The lowest BCUT2D eigenvalue weighted by Crippen LogP contribution is -2.60. The molecular formula is C49H95NO10. The van der Waals surface area contributed by atoms with Crippen molar-refractivity contribution in [1.29, 1.82) is 0 Å². The van der Waals surface area contributed by atoms with E-state index >= 15 is 0 Å². The second-order valence-electron chi connectivity index (χ2n) is 17.9. The third kappa shape index (κ3) is 28.5. The van der Waals surface area contributed by atoms with E-state index in [1.807, 2.05) is 0 Å². The summed E-state index contributed by atoms with van der Waals surface area (Å²) in [6.07, 6.45) is 31.4. The minimum atomic E-state index is -1.66. The van der Waals surface area contributed by atoms with Crippen molar-refractivity contribution >= 4 is 5.91 Å². The molecule has 60 heavy (non-hydrogen) atoms. The van der Waals surface area contributed by atoms with Gasteiger partial charge in [-0.1, -0.05) is 199 Å². The average molecular weight is 858 g/mol. The highest BCUT2D eigenvalue weighted by atomic mass is 16.7. The summed E-state index contributed by atoms with van der Waals surface area (Å²) in [5.74, 6) is -0.704. The zero-order valence-electron chi connectivity index (χ0n) is 38.5. The van der Waals surface area contributed by atoms with E-state index in [0.717, 1.165) is 38.5 Å². The minimum absolute atomic E-state index is 0.259.